The monoisotopic (exact) mass is 406 g/mol. The third kappa shape index (κ3) is 3.84. The Hall–Kier alpha value is -3.33. The maximum Gasteiger partial charge on any atom is 0.173 e. The lowest BCUT2D eigenvalue weighted by atomic mass is 9.99. The molecule has 0 bridgehead atoms. The van der Waals surface area contributed by atoms with E-state index in [-0.39, 0.29) is 28.5 Å². The first-order valence-corrected chi connectivity index (χ1v) is 9.98. The summed E-state index contributed by atoms with van der Waals surface area (Å²) in [6.45, 7) is 0. The first-order chi connectivity index (χ1) is 13.6. The molecule has 28 heavy (non-hydrogen) atoms. The fourth-order valence-corrected chi connectivity index (χ4v) is 4.13. The average Bonchev–Trinajstić information content (AvgIpc) is 3.25. The number of anilines is 1. The second-order valence-electron chi connectivity index (χ2n) is 5.60. The summed E-state index contributed by atoms with van der Waals surface area (Å²) in [7, 11) is 1.56. The van der Waals surface area contributed by atoms with Crippen molar-refractivity contribution in [1.82, 2.24) is 4.98 Å². The zero-order valence-electron chi connectivity index (χ0n) is 14.8. The Morgan fingerprint density at radius 1 is 1.21 bits per heavy atom. The normalized spacial score (nSPS) is 10.1. The molecule has 0 saturated heterocycles. The number of carbonyl (C=O) groups excluding carboxylic acids is 1. The largest absolute Gasteiger partial charge is 0.497 e. The van der Waals surface area contributed by atoms with Gasteiger partial charge in [0.05, 0.1) is 18.4 Å². The van der Waals surface area contributed by atoms with Crippen LogP contribution in [-0.4, -0.2) is 23.6 Å². The minimum Gasteiger partial charge on any atom is -0.497 e. The Balaban J connectivity index is 1.93. The van der Waals surface area contributed by atoms with E-state index in [1.807, 2.05) is 22.9 Å². The van der Waals surface area contributed by atoms with E-state index in [0.717, 1.165) is 17.3 Å². The van der Waals surface area contributed by atoms with Gasteiger partial charge in [-0.25, -0.2) is 4.98 Å². The maximum atomic E-state index is 12.5. The summed E-state index contributed by atoms with van der Waals surface area (Å²) in [5.74, 6) is 0.681. The van der Waals surface area contributed by atoms with Gasteiger partial charge >= 0.3 is 0 Å². The SMILES string of the molecule is COc1ccc(C(=O)CSc2nc(N)c(C#N)c(-c3ccsc3)c2C#N)cc1. The lowest BCUT2D eigenvalue weighted by Gasteiger charge is -2.11. The molecule has 6 nitrogen and oxygen atoms in total. The molecule has 0 fully saturated rings. The van der Waals surface area contributed by atoms with Crippen molar-refractivity contribution in [1.29, 1.82) is 10.5 Å². The van der Waals surface area contributed by atoms with Crippen LogP contribution in [0.1, 0.15) is 21.5 Å². The lowest BCUT2D eigenvalue weighted by Crippen LogP contribution is -2.06. The third-order valence-corrected chi connectivity index (χ3v) is 5.64. The van der Waals surface area contributed by atoms with E-state index in [4.69, 9.17) is 10.5 Å². The molecule has 1 aromatic carbocycles. The number of nitrogens with zero attached hydrogens (tertiary/aromatic N) is 3. The van der Waals surface area contributed by atoms with Crippen molar-refractivity contribution < 1.29 is 9.53 Å². The Morgan fingerprint density at radius 3 is 2.50 bits per heavy atom. The van der Waals surface area contributed by atoms with Crippen LogP contribution in [-0.2, 0) is 0 Å². The van der Waals surface area contributed by atoms with Gasteiger partial charge < -0.3 is 10.5 Å². The maximum absolute atomic E-state index is 12.5. The van der Waals surface area contributed by atoms with E-state index in [1.54, 1.807) is 31.4 Å². The highest BCUT2D eigenvalue weighted by atomic mass is 32.2. The summed E-state index contributed by atoms with van der Waals surface area (Å²) in [6.07, 6.45) is 0. The van der Waals surface area contributed by atoms with E-state index in [2.05, 4.69) is 11.1 Å². The standard InChI is InChI=1S/C20H14N4O2S2/c1-26-14-4-2-12(3-5-14)17(25)11-28-20-16(9-22)18(13-6-7-27-10-13)15(8-21)19(23)24-20/h2-7,10H,11H2,1H3,(H2,23,24). The van der Waals surface area contributed by atoms with Crippen molar-refractivity contribution in [3.05, 3.63) is 57.8 Å². The molecule has 8 heteroatoms. The highest BCUT2D eigenvalue weighted by Crippen LogP contribution is 2.36. The highest BCUT2D eigenvalue weighted by Gasteiger charge is 2.21. The van der Waals surface area contributed by atoms with Gasteiger partial charge in [-0.05, 0) is 46.7 Å². The van der Waals surface area contributed by atoms with Crippen molar-refractivity contribution in [2.24, 2.45) is 0 Å². The van der Waals surface area contributed by atoms with Gasteiger partial charge in [-0.2, -0.15) is 21.9 Å². The van der Waals surface area contributed by atoms with Gasteiger partial charge in [0, 0.05) is 11.1 Å². The van der Waals surface area contributed by atoms with Crippen LogP contribution in [0.3, 0.4) is 0 Å². The molecule has 0 aliphatic carbocycles. The van der Waals surface area contributed by atoms with E-state index in [0.29, 0.717) is 21.9 Å². The number of nitrogens with two attached hydrogens (primary N) is 1. The number of pyridine rings is 1. The number of rotatable bonds is 6. The number of thiophene rings is 1. The Kier molecular flexibility index (Phi) is 5.95. The van der Waals surface area contributed by atoms with Crippen LogP contribution in [0.15, 0.2) is 46.1 Å². The third-order valence-electron chi connectivity index (χ3n) is 3.98. The van der Waals surface area contributed by atoms with Gasteiger partial charge in [0.25, 0.3) is 0 Å². The second kappa shape index (κ2) is 8.57. The molecule has 3 aromatic rings. The fraction of sp³-hybridized carbons (Fsp3) is 0.100. The number of ether oxygens (including phenoxy) is 1. The van der Waals surface area contributed by atoms with Crippen LogP contribution in [0.5, 0.6) is 5.75 Å². The van der Waals surface area contributed by atoms with Gasteiger partial charge in [-0.15, -0.1) is 0 Å². The summed E-state index contributed by atoms with van der Waals surface area (Å²) in [6, 6.07) is 12.8. The number of ketones is 1. The Labute approximate surface area is 170 Å². The Bertz CT molecular complexity index is 1100. The minimum absolute atomic E-state index is 0.0436. The van der Waals surface area contributed by atoms with Crippen LogP contribution in [0.2, 0.25) is 0 Å². The number of nitriles is 2. The number of nitrogen functional groups attached to an aromatic ring is 1. The van der Waals surface area contributed by atoms with Gasteiger partial charge in [-0.1, -0.05) is 11.8 Å². The number of aromatic nitrogens is 1. The number of benzene rings is 1. The summed E-state index contributed by atoms with van der Waals surface area (Å²) in [5, 5.41) is 23.2. The van der Waals surface area contributed by atoms with Gasteiger partial charge in [-0.3, -0.25) is 4.79 Å². The lowest BCUT2D eigenvalue weighted by molar-refractivity contribution is 0.102. The van der Waals surface area contributed by atoms with E-state index >= 15 is 0 Å². The number of hydrogen-bond acceptors (Lipinski definition) is 8. The summed E-state index contributed by atoms with van der Waals surface area (Å²) in [5.41, 5.74) is 8.10. The number of hydrogen-bond donors (Lipinski definition) is 1. The predicted octanol–water partition coefficient (Wildman–Crippen LogP) is 4.12. The molecule has 0 spiro atoms. The molecular formula is C20H14N4O2S2. The van der Waals surface area contributed by atoms with Crippen LogP contribution >= 0.6 is 23.1 Å². The van der Waals surface area contributed by atoms with Crippen molar-refractivity contribution in [2.45, 2.75) is 5.03 Å². The van der Waals surface area contributed by atoms with E-state index in [1.165, 1.54) is 11.3 Å². The van der Waals surface area contributed by atoms with Crippen molar-refractivity contribution in [3.63, 3.8) is 0 Å². The molecule has 2 aromatic heterocycles. The molecule has 0 radical (unpaired) electrons. The first kappa shape index (κ1) is 19.4. The van der Waals surface area contributed by atoms with Gasteiger partial charge in [0.1, 0.15) is 34.3 Å². The van der Waals surface area contributed by atoms with Crippen molar-refractivity contribution in [2.75, 3.05) is 18.6 Å². The van der Waals surface area contributed by atoms with Crippen molar-refractivity contribution in [3.8, 4) is 29.0 Å². The fourth-order valence-electron chi connectivity index (χ4n) is 2.59. The average molecular weight is 406 g/mol. The number of Topliss-reactive ketones (excluding diaryl/α,β-unsaturated/α-hetero) is 1. The van der Waals surface area contributed by atoms with Crippen LogP contribution in [0.25, 0.3) is 11.1 Å². The van der Waals surface area contributed by atoms with Crippen LogP contribution < -0.4 is 10.5 Å². The minimum atomic E-state index is -0.113. The van der Waals surface area contributed by atoms with Crippen LogP contribution in [0, 0.1) is 22.7 Å². The number of carbonyl (C=O) groups is 1. The molecule has 0 aliphatic rings. The number of methoxy groups -OCH3 is 1. The molecule has 138 valence electrons. The van der Waals surface area contributed by atoms with E-state index in [9.17, 15) is 15.3 Å². The quantitative estimate of drug-likeness (QED) is 0.484. The zero-order valence-corrected chi connectivity index (χ0v) is 16.4. The van der Waals surface area contributed by atoms with E-state index < -0.39 is 0 Å². The first-order valence-electron chi connectivity index (χ1n) is 8.05. The summed E-state index contributed by atoms with van der Waals surface area (Å²) >= 11 is 2.58. The summed E-state index contributed by atoms with van der Waals surface area (Å²) in [4.78, 5) is 16.7. The topological polar surface area (TPSA) is 113 Å². The predicted molar refractivity (Wildman–Crippen MR) is 109 cm³/mol. The van der Waals surface area contributed by atoms with Crippen LogP contribution in [0.4, 0.5) is 5.82 Å². The molecular weight excluding hydrogens is 392 g/mol. The molecule has 0 aliphatic heterocycles. The smallest absolute Gasteiger partial charge is 0.173 e. The summed E-state index contributed by atoms with van der Waals surface area (Å²) < 4.78 is 5.09. The molecule has 0 saturated carbocycles. The molecule has 2 heterocycles. The molecule has 0 unspecified atom stereocenters. The highest BCUT2D eigenvalue weighted by molar-refractivity contribution is 8.00. The zero-order chi connectivity index (χ0) is 20.1. The Morgan fingerprint density at radius 2 is 1.93 bits per heavy atom. The van der Waals surface area contributed by atoms with Crippen molar-refractivity contribution >= 4 is 34.7 Å². The molecule has 0 atom stereocenters. The molecule has 2 N–H and O–H groups in total. The number of thioether (sulfide) groups is 1. The molecule has 0 amide bonds. The molecule has 3 rings (SSSR count). The second-order valence-corrected chi connectivity index (χ2v) is 7.35. The van der Waals surface area contributed by atoms with Gasteiger partial charge in [0.15, 0.2) is 5.78 Å². The van der Waals surface area contributed by atoms with Gasteiger partial charge in [0.2, 0.25) is 0 Å².